The molecule has 0 unspecified atom stereocenters. The van der Waals surface area contributed by atoms with Crippen LogP contribution in [0.4, 0.5) is 0 Å². The van der Waals surface area contributed by atoms with E-state index in [1.54, 1.807) is 36.4 Å². The number of guanidine groups is 2. The highest BCUT2D eigenvalue weighted by molar-refractivity contribution is 5.93. The van der Waals surface area contributed by atoms with E-state index >= 15 is 0 Å². The second-order valence-corrected chi connectivity index (χ2v) is 9.27. The lowest BCUT2D eigenvalue weighted by atomic mass is 9.89. The monoisotopic (exact) mass is 535 g/mol. The van der Waals surface area contributed by atoms with Crippen LogP contribution < -0.4 is 33.0 Å². The summed E-state index contributed by atoms with van der Waals surface area (Å²) in [5, 5.41) is 12.7. The van der Waals surface area contributed by atoms with Crippen LogP contribution in [-0.2, 0) is 9.59 Å². The van der Waals surface area contributed by atoms with Crippen LogP contribution in [0.2, 0.25) is 0 Å². The molecule has 0 spiro atoms. The molecule has 3 rings (SSSR count). The number of allylic oxidation sites excluding steroid dienone is 1. The summed E-state index contributed by atoms with van der Waals surface area (Å²) in [7, 11) is 0. The molecule has 10 N–H and O–H groups in total. The number of hydrogen-bond acceptors (Lipinski definition) is 6. The van der Waals surface area contributed by atoms with Gasteiger partial charge in [0, 0.05) is 31.6 Å². The van der Waals surface area contributed by atoms with E-state index in [9.17, 15) is 14.7 Å². The average molecular weight is 536 g/mol. The number of unbranched alkanes of at least 4 members (excludes halogenated alkanes) is 2. The molecular weight excluding hydrogens is 498 g/mol. The topological polar surface area (TPSA) is 204 Å². The smallest absolute Gasteiger partial charge is 0.231 e. The average Bonchev–Trinajstić information content (AvgIpc) is 3.28. The van der Waals surface area contributed by atoms with Crippen LogP contribution in [0.25, 0.3) is 6.08 Å². The van der Waals surface area contributed by atoms with Crippen LogP contribution in [0.5, 0.6) is 11.5 Å². The zero-order chi connectivity index (χ0) is 28.2. The summed E-state index contributed by atoms with van der Waals surface area (Å²) in [6.45, 7) is 1.45. The number of phenolic OH excluding ortho intramolecular Hbond substituents is 1. The number of benzene rings is 2. The van der Waals surface area contributed by atoms with Crippen LogP contribution in [0, 0.1) is 0 Å². The molecule has 0 bridgehead atoms. The highest BCUT2D eigenvalue weighted by Crippen LogP contribution is 2.46. The third-order valence-corrected chi connectivity index (χ3v) is 6.20. The van der Waals surface area contributed by atoms with Gasteiger partial charge in [-0.3, -0.25) is 19.6 Å². The standard InChI is InChI=1S/C28H37N7O4/c29-27(30)34-15-2-1-5-20(36)10-6-18-7-13-23-22(17-18)24(25(39-23)19-8-11-21(37)12-9-19)26(38)33-14-3-4-16-35-28(31)32/h6-13,17,24-25,37H,1-5,14-16H2,(H,33,38)(H4,29,30,34)(H4,31,32,35)/b10-6+/t24-,25-/m0/s1. The van der Waals surface area contributed by atoms with Crippen molar-refractivity contribution >= 4 is 29.7 Å². The SMILES string of the molecule is NC(N)=NCCCCNC(=O)[C@H]1c2cc(/C=C/C(=O)CCCCN=C(N)N)ccc2O[C@H]1c1ccc(O)cc1. The van der Waals surface area contributed by atoms with Crippen molar-refractivity contribution in [2.24, 2.45) is 32.9 Å². The van der Waals surface area contributed by atoms with Gasteiger partial charge in [-0.2, -0.15) is 0 Å². The van der Waals surface area contributed by atoms with Crippen LogP contribution in [0.3, 0.4) is 0 Å². The minimum atomic E-state index is -0.609. The van der Waals surface area contributed by atoms with Gasteiger partial charge in [0.15, 0.2) is 17.7 Å². The largest absolute Gasteiger partial charge is 0.508 e. The van der Waals surface area contributed by atoms with Crippen LogP contribution >= 0.6 is 0 Å². The van der Waals surface area contributed by atoms with Crippen molar-refractivity contribution in [3.63, 3.8) is 0 Å². The summed E-state index contributed by atoms with van der Waals surface area (Å²) >= 11 is 0. The molecule has 39 heavy (non-hydrogen) atoms. The minimum absolute atomic E-state index is 0.00608. The summed E-state index contributed by atoms with van der Waals surface area (Å²) in [5.41, 5.74) is 23.6. The Balaban J connectivity index is 1.70. The summed E-state index contributed by atoms with van der Waals surface area (Å²) in [4.78, 5) is 33.6. The molecule has 0 saturated carbocycles. The number of carbonyl (C=O) groups is 2. The molecule has 1 heterocycles. The lowest BCUT2D eigenvalue weighted by molar-refractivity contribution is -0.124. The number of nitrogens with two attached hydrogens (primary N) is 4. The van der Waals surface area contributed by atoms with Gasteiger partial charge in [0.25, 0.3) is 0 Å². The number of ether oxygens (including phenoxy) is 1. The number of ketones is 1. The summed E-state index contributed by atoms with van der Waals surface area (Å²) in [5.74, 6) is 0.0321. The third-order valence-electron chi connectivity index (χ3n) is 6.20. The van der Waals surface area contributed by atoms with E-state index in [4.69, 9.17) is 27.7 Å². The number of nitrogens with zero attached hydrogens (tertiary/aromatic N) is 2. The number of nitrogens with one attached hydrogen (secondary N) is 1. The first-order valence-corrected chi connectivity index (χ1v) is 12.9. The van der Waals surface area contributed by atoms with Crippen molar-refractivity contribution in [1.82, 2.24) is 5.32 Å². The van der Waals surface area contributed by atoms with Gasteiger partial charge in [-0.15, -0.1) is 0 Å². The minimum Gasteiger partial charge on any atom is -0.508 e. The highest BCUT2D eigenvalue weighted by atomic mass is 16.5. The number of rotatable bonds is 14. The quantitative estimate of drug-likeness (QED) is 0.0908. The summed E-state index contributed by atoms with van der Waals surface area (Å²) < 4.78 is 6.20. The fourth-order valence-electron chi connectivity index (χ4n) is 4.25. The maximum atomic E-state index is 13.4. The molecule has 1 aliphatic heterocycles. The van der Waals surface area contributed by atoms with E-state index in [-0.39, 0.29) is 29.4 Å². The molecule has 1 aliphatic rings. The Kier molecular flexibility index (Phi) is 10.7. The molecule has 2 aromatic rings. The zero-order valence-corrected chi connectivity index (χ0v) is 21.9. The van der Waals surface area contributed by atoms with Gasteiger partial charge in [0.1, 0.15) is 23.5 Å². The molecule has 2 aromatic carbocycles. The van der Waals surface area contributed by atoms with Gasteiger partial charge in [-0.05, 0) is 67.2 Å². The molecule has 11 heteroatoms. The molecule has 0 radical (unpaired) electrons. The molecule has 1 amide bonds. The predicted octanol–water partition coefficient (Wildman–Crippen LogP) is 1.81. The molecule has 0 fully saturated rings. The Morgan fingerprint density at radius 2 is 1.59 bits per heavy atom. The summed E-state index contributed by atoms with van der Waals surface area (Å²) in [6.07, 6.45) is 5.96. The maximum Gasteiger partial charge on any atom is 0.231 e. The molecular formula is C28H37N7O4. The van der Waals surface area contributed by atoms with Gasteiger partial charge in [0.05, 0.1) is 0 Å². The zero-order valence-electron chi connectivity index (χ0n) is 21.9. The van der Waals surface area contributed by atoms with Crippen molar-refractivity contribution in [1.29, 1.82) is 0 Å². The molecule has 0 aliphatic carbocycles. The predicted molar refractivity (Wildman–Crippen MR) is 152 cm³/mol. The van der Waals surface area contributed by atoms with E-state index in [0.717, 1.165) is 29.5 Å². The second-order valence-electron chi connectivity index (χ2n) is 9.27. The molecule has 0 saturated heterocycles. The molecule has 11 nitrogen and oxygen atoms in total. The van der Waals surface area contributed by atoms with Crippen molar-refractivity contribution < 1.29 is 19.4 Å². The second kappa shape index (κ2) is 14.4. The van der Waals surface area contributed by atoms with Crippen molar-refractivity contribution in [2.75, 3.05) is 19.6 Å². The number of carbonyl (C=O) groups excluding carboxylic acids is 2. The normalized spacial score (nSPS) is 15.8. The lowest BCUT2D eigenvalue weighted by Crippen LogP contribution is -2.32. The number of phenols is 1. The number of hydrogen-bond donors (Lipinski definition) is 6. The Morgan fingerprint density at radius 1 is 0.923 bits per heavy atom. The first-order valence-electron chi connectivity index (χ1n) is 12.9. The fourth-order valence-corrected chi connectivity index (χ4v) is 4.25. The van der Waals surface area contributed by atoms with Gasteiger partial charge in [0.2, 0.25) is 5.91 Å². The van der Waals surface area contributed by atoms with E-state index in [2.05, 4.69) is 15.3 Å². The lowest BCUT2D eigenvalue weighted by Gasteiger charge is -2.19. The van der Waals surface area contributed by atoms with Gasteiger partial charge < -0.3 is 38.1 Å². The molecule has 2 atom stereocenters. The Morgan fingerprint density at radius 3 is 2.26 bits per heavy atom. The number of amides is 1. The maximum absolute atomic E-state index is 13.4. The summed E-state index contributed by atoms with van der Waals surface area (Å²) in [6, 6.07) is 12.2. The number of aliphatic imine (C=N–C) groups is 2. The van der Waals surface area contributed by atoms with Gasteiger partial charge in [-0.25, -0.2) is 0 Å². The van der Waals surface area contributed by atoms with Crippen LogP contribution in [-0.4, -0.2) is 48.4 Å². The Bertz CT molecular complexity index is 1220. The fraction of sp³-hybridized carbons (Fsp3) is 0.357. The number of fused-ring (bicyclic) bond motifs is 1. The number of aromatic hydroxyl groups is 1. The first kappa shape index (κ1) is 29.0. The molecule has 208 valence electrons. The van der Waals surface area contributed by atoms with Gasteiger partial charge in [-0.1, -0.05) is 24.3 Å². The van der Waals surface area contributed by atoms with Crippen LogP contribution in [0.1, 0.15) is 60.8 Å². The highest BCUT2D eigenvalue weighted by Gasteiger charge is 2.40. The Hall–Kier alpha value is -4.54. The van der Waals surface area contributed by atoms with E-state index in [1.165, 1.54) is 0 Å². The van der Waals surface area contributed by atoms with E-state index in [1.807, 2.05) is 18.2 Å². The van der Waals surface area contributed by atoms with Gasteiger partial charge >= 0.3 is 0 Å². The van der Waals surface area contributed by atoms with Crippen molar-refractivity contribution in [3.8, 4) is 11.5 Å². The van der Waals surface area contributed by atoms with Crippen molar-refractivity contribution in [3.05, 3.63) is 65.2 Å². The van der Waals surface area contributed by atoms with Crippen LogP contribution in [0.15, 0.2) is 58.5 Å². The first-order chi connectivity index (χ1) is 18.7. The molecule has 0 aromatic heterocycles. The third kappa shape index (κ3) is 9.06. The van der Waals surface area contributed by atoms with Crippen molar-refractivity contribution in [2.45, 2.75) is 44.1 Å². The Labute approximate surface area is 228 Å². The van der Waals surface area contributed by atoms with E-state index in [0.29, 0.717) is 44.6 Å². The van der Waals surface area contributed by atoms with E-state index < -0.39 is 12.0 Å².